The van der Waals surface area contributed by atoms with Gasteiger partial charge in [0.25, 0.3) is 5.69 Å². The zero-order valence-electron chi connectivity index (χ0n) is 14.8. The molecule has 146 valence electrons. The number of carbonyl (C=O) groups is 1. The molecular formula is C18H14F3N3O4. The van der Waals surface area contributed by atoms with Gasteiger partial charge >= 0.3 is 6.18 Å². The van der Waals surface area contributed by atoms with Gasteiger partial charge in [0.05, 0.1) is 16.1 Å². The lowest BCUT2D eigenvalue weighted by molar-refractivity contribution is -0.386. The first-order valence-electron chi connectivity index (χ1n) is 7.91. The number of rotatable bonds is 6. The molecule has 0 aliphatic rings. The quantitative estimate of drug-likeness (QED) is 0.547. The van der Waals surface area contributed by atoms with Crippen LogP contribution in [0.5, 0.6) is 5.88 Å². The van der Waals surface area contributed by atoms with Crippen molar-refractivity contribution >= 4 is 11.5 Å². The molecule has 0 N–H and O–H groups in total. The maximum atomic E-state index is 12.7. The minimum Gasteiger partial charge on any atom is -0.469 e. The highest BCUT2D eigenvalue weighted by atomic mass is 19.4. The van der Waals surface area contributed by atoms with E-state index in [0.717, 1.165) is 12.1 Å². The Balaban J connectivity index is 2.16. The molecule has 2 aromatic rings. The van der Waals surface area contributed by atoms with Crippen LogP contribution in [0.1, 0.15) is 27.9 Å². The second kappa shape index (κ2) is 8.04. The predicted octanol–water partition coefficient (Wildman–Crippen LogP) is 3.69. The number of aromatic nitrogens is 1. The summed E-state index contributed by atoms with van der Waals surface area (Å²) in [6.45, 7) is 2.18. The molecule has 0 radical (unpaired) electrons. The molecule has 1 aromatic heterocycles. The van der Waals surface area contributed by atoms with E-state index in [1.807, 2.05) is 0 Å². The third-order valence-corrected chi connectivity index (χ3v) is 3.88. The monoisotopic (exact) mass is 393 g/mol. The maximum Gasteiger partial charge on any atom is 0.416 e. The van der Waals surface area contributed by atoms with Crippen molar-refractivity contribution in [1.29, 1.82) is 5.26 Å². The van der Waals surface area contributed by atoms with Gasteiger partial charge in [0.1, 0.15) is 23.9 Å². The van der Waals surface area contributed by atoms with Gasteiger partial charge in [0.15, 0.2) is 5.78 Å². The van der Waals surface area contributed by atoms with Gasteiger partial charge in [-0.15, -0.1) is 0 Å². The van der Waals surface area contributed by atoms with Crippen LogP contribution < -0.4 is 4.74 Å². The zero-order valence-corrected chi connectivity index (χ0v) is 14.8. The molecule has 1 heterocycles. The highest BCUT2D eigenvalue weighted by molar-refractivity contribution is 5.82. The Morgan fingerprint density at radius 2 is 2.04 bits per heavy atom. The molecule has 0 unspecified atom stereocenters. The minimum atomic E-state index is -4.52. The summed E-state index contributed by atoms with van der Waals surface area (Å²) in [5.74, 6) is -0.779. The van der Waals surface area contributed by atoms with Crippen molar-refractivity contribution in [3.05, 3.63) is 62.3 Å². The van der Waals surface area contributed by atoms with Crippen molar-refractivity contribution in [3.8, 4) is 11.9 Å². The molecule has 0 bridgehead atoms. The van der Waals surface area contributed by atoms with Crippen molar-refractivity contribution < 1.29 is 27.6 Å². The first-order chi connectivity index (χ1) is 13.0. The van der Waals surface area contributed by atoms with Gasteiger partial charge in [-0.1, -0.05) is 18.2 Å². The number of benzene rings is 1. The van der Waals surface area contributed by atoms with Crippen molar-refractivity contribution in [1.82, 2.24) is 4.98 Å². The molecule has 0 atom stereocenters. The molecule has 0 amide bonds. The van der Waals surface area contributed by atoms with Crippen LogP contribution in [-0.4, -0.2) is 22.3 Å². The highest BCUT2D eigenvalue weighted by Gasteiger charge is 2.30. The van der Waals surface area contributed by atoms with Crippen LogP contribution in [0.2, 0.25) is 0 Å². The summed E-state index contributed by atoms with van der Waals surface area (Å²) >= 11 is 0. The van der Waals surface area contributed by atoms with Gasteiger partial charge < -0.3 is 4.74 Å². The number of ether oxygens (including phenoxy) is 1. The molecule has 10 heteroatoms. The Hall–Kier alpha value is -3.48. The SMILES string of the molecule is Cc1nc(OCC(=O)Cc2cccc(C(F)(F)F)c2)c(C#N)c(C)c1[N+](=O)[O-]. The number of Topliss-reactive ketones (excluding diaryl/α,β-unsaturated/α-hetero) is 1. The number of nitrogens with zero attached hydrogens (tertiary/aromatic N) is 3. The summed E-state index contributed by atoms with van der Waals surface area (Å²) in [6.07, 6.45) is -4.83. The Bertz CT molecular complexity index is 981. The highest BCUT2D eigenvalue weighted by Crippen LogP contribution is 2.31. The summed E-state index contributed by atoms with van der Waals surface area (Å²) in [4.78, 5) is 26.3. The number of nitro groups is 1. The Labute approximate surface area is 157 Å². The molecule has 0 fully saturated rings. The van der Waals surface area contributed by atoms with Crippen LogP contribution in [0.25, 0.3) is 0 Å². The van der Waals surface area contributed by atoms with E-state index in [1.54, 1.807) is 6.07 Å². The van der Waals surface area contributed by atoms with Gasteiger partial charge in [0.2, 0.25) is 5.88 Å². The first kappa shape index (κ1) is 20.8. The number of nitriles is 1. The Kier molecular flexibility index (Phi) is 5.98. The van der Waals surface area contributed by atoms with Crippen molar-refractivity contribution in [3.63, 3.8) is 0 Å². The topological polar surface area (TPSA) is 106 Å². The number of aryl methyl sites for hydroxylation is 1. The second-order valence-electron chi connectivity index (χ2n) is 5.92. The number of carbonyl (C=O) groups excluding carboxylic acids is 1. The number of ketones is 1. The third kappa shape index (κ3) is 4.62. The standard InChI is InChI=1S/C18H14F3N3O4/c1-10-15(8-22)17(23-11(2)16(10)24(26)27)28-9-14(25)7-12-4-3-5-13(6-12)18(19,20)21/h3-6H,7,9H2,1-2H3. The summed E-state index contributed by atoms with van der Waals surface area (Å²) in [7, 11) is 0. The van der Waals surface area contributed by atoms with Crippen LogP contribution in [0.3, 0.4) is 0 Å². The van der Waals surface area contributed by atoms with Gasteiger partial charge in [-0.25, -0.2) is 4.98 Å². The molecule has 0 spiro atoms. The molecule has 0 aliphatic carbocycles. The molecule has 0 saturated carbocycles. The smallest absolute Gasteiger partial charge is 0.416 e. The number of hydrogen-bond donors (Lipinski definition) is 0. The number of alkyl halides is 3. The van der Waals surface area contributed by atoms with Crippen LogP contribution in [0.15, 0.2) is 24.3 Å². The molecular weight excluding hydrogens is 379 g/mol. The van der Waals surface area contributed by atoms with E-state index in [2.05, 4.69) is 4.98 Å². The van der Waals surface area contributed by atoms with E-state index in [0.29, 0.717) is 0 Å². The normalized spacial score (nSPS) is 11.0. The first-order valence-corrected chi connectivity index (χ1v) is 7.91. The third-order valence-electron chi connectivity index (χ3n) is 3.88. The maximum absolute atomic E-state index is 12.7. The lowest BCUT2D eigenvalue weighted by Crippen LogP contribution is -2.16. The van der Waals surface area contributed by atoms with Crippen LogP contribution in [0.4, 0.5) is 18.9 Å². The average molecular weight is 393 g/mol. The molecule has 7 nitrogen and oxygen atoms in total. The number of hydrogen-bond acceptors (Lipinski definition) is 6. The van der Waals surface area contributed by atoms with Gasteiger partial charge in [-0.05, 0) is 25.5 Å². The van der Waals surface area contributed by atoms with E-state index < -0.39 is 29.1 Å². The fourth-order valence-corrected chi connectivity index (χ4v) is 2.60. The second-order valence-corrected chi connectivity index (χ2v) is 5.92. The van der Waals surface area contributed by atoms with Gasteiger partial charge in [-0.2, -0.15) is 18.4 Å². The Morgan fingerprint density at radius 1 is 1.36 bits per heavy atom. The summed E-state index contributed by atoms with van der Waals surface area (Å²) in [5, 5.41) is 20.3. The van der Waals surface area contributed by atoms with Crippen molar-refractivity contribution in [2.75, 3.05) is 6.61 Å². The fourth-order valence-electron chi connectivity index (χ4n) is 2.60. The van der Waals surface area contributed by atoms with Gasteiger partial charge in [-0.3, -0.25) is 14.9 Å². The number of halogens is 3. The van der Waals surface area contributed by atoms with Gasteiger partial charge in [0, 0.05) is 6.42 Å². The molecule has 0 saturated heterocycles. The fraction of sp³-hybridized carbons (Fsp3) is 0.278. The molecule has 0 aliphatic heterocycles. The van der Waals surface area contributed by atoms with E-state index in [9.17, 15) is 33.3 Å². The Morgan fingerprint density at radius 3 is 2.61 bits per heavy atom. The molecule has 28 heavy (non-hydrogen) atoms. The number of pyridine rings is 1. The van der Waals surface area contributed by atoms with E-state index in [1.165, 1.54) is 26.0 Å². The van der Waals surface area contributed by atoms with E-state index >= 15 is 0 Å². The predicted molar refractivity (Wildman–Crippen MR) is 90.7 cm³/mol. The summed E-state index contributed by atoms with van der Waals surface area (Å²) in [6, 6.07) is 6.11. The van der Waals surface area contributed by atoms with Crippen LogP contribution >= 0.6 is 0 Å². The lowest BCUT2D eigenvalue weighted by atomic mass is 10.1. The molecule has 2 rings (SSSR count). The van der Waals surface area contributed by atoms with Crippen LogP contribution in [-0.2, 0) is 17.4 Å². The molecule has 1 aromatic carbocycles. The minimum absolute atomic E-state index is 0.0156. The zero-order chi connectivity index (χ0) is 21.1. The van der Waals surface area contributed by atoms with E-state index in [-0.39, 0.29) is 40.4 Å². The van der Waals surface area contributed by atoms with Crippen molar-refractivity contribution in [2.45, 2.75) is 26.4 Å². The van der Waals surface area contributed by atoms with Crippen molar-refractivity contribution in [2.24, 2.45) is 0 Å². The van der Waals surface area contributed by atoms with Crippen LogP contribution in [0, 0.1) is 35.3 Å². The van der Waals surface area contributed by atoms with E-state index in [4.69, 9.17) is 4.74 Å². The largest absolute Gasteiger partial charge is 0.469 e. The average Bonchev–Trinajstić information content (AvgIpc) is 2.59. The summed E-state index contributed by atoms with van der Waals surface area (Å²) in [5.41, 5.74) is -1.13. The lowest BCUT2D eigenvalue weighted by Gasteiger charge is -2.11. The summed E-state index contributed by atoms with van der Waals surface area (Å²) < 4.78 is 43.4.